The van der Waals surface area contributed by atoms with Crippen LogP contribution in [0.1, 0.15) is 55.8 Å². The highest BCUT2D eigenvalue weighted by molar-refractivity contribution is 5.81. The second-order valence-electron chi connectivity index (χ2n) is 6.79. The number of benzene rings is 2. The van der Waals surface area contributed by atoms with Crippen molar-refractivity contribution < 1.29 is 9.53 Å². The molecule has 3 rings (SSSR count). The quantitative estimate of drug-likeness (QED) is 0.836. The zero-order chi connectivity index (χ0) is 17.6. The van der Waals surface area contributed by atoms with Crippen LogP contribution in [0.2, 0.25) is 0 Å². The summed E-state index contributed by atoms with van der Waals surface area (Å²) in [6, 6.07) is 16.2. The molecule has 0 saturated carbocycles. The summed E-state index contributed by atoms with van der Waals surface area (Å²) in [7, 11) is 0. The highest BCUT2D eigenvalue weighted by Crippen LogP contribution is 2.26. The Morgan fingerprint density at radius 1 is 1.08 bits per heavy atom. The van der Waals surface area contributed by atoms with Crippen LogP contribution in [0.15, 0.2) is 48.5 Å². The second-order valence-corrected chi connectivity index (χ2v) is 6.79. The first kappa shape index (κ1) is 17.5. The first-order valence-electron chi connectivity index (χ1n) is 9.31. The molecule has 1 amide bonds. The monoisotopic (exact) mass is 337 g/mol. The summed E-state index contributed by atoms with van der Waals surface area (Å²) in [6.45, 7) is 3.98. The number of nitrogens with one attached hydrogen (secondary N) is 1. The lowest BCUT2D eigenvalue weighted by Gasteiger charge is -2.22. The molecule has 0 heterocycles. The molecule has 132 valence electrons. The van der Waals surface area contributed by atoms with Crippen LogP contribution in [0.25, 0.3) is 0 Å². The number of hydrogen-bond acceptors (Lipinski definition) is 2. The van der Waals surface area contributed by atoms with Gasteiger partial charge in [0, 0.05) is 0 Å². The number of ether oxygens (including phenoxy) is 1. The molecule has 2 aromatic rings. The maximum atomic E-state index is 12.6. The predicted molar refractivity (Wildman–Crippen MR) is 101 cm³/mol. The molecule has 0 fully saturated rings. The van der Waals surface area contributed by atoms with Crippen molar-refractivity contribution in [3.63, 3.8) is 0 Å². The van der Waals surface area contributed by atoms with Crippen molar-refractivity contribution >= 4 is 5.91 Å². The summed E-state index contributed by atoms with van der Waals surface area (Å²) < 4.78 is 6.02. The van der Waals surface area contributed by atoms with Gasteiger partial charge in [-0.25, -0.2) is 0 Å². The molecule has 1 aliphatic rings. The van der Waals surface area contributed by atoms with Gasteiger partial charge >= 0.3 is 0 Å². The molecule has 3 heteroatoms. The maximum absolute atomic E-state index is 12.6. The molecule has 0 spiro atoms. The molecule has 2 atom stereocenters. The van der Waals surface area contributed by atoms with Crippen LogP contribution in [0.3, 0.4) is 0 Å². The number of fused-ring (bicyclic) bond motifs is 1. The van der Waals surface area contributed by atoms with Gasteiger partial charge in [-0.2, -0.15) is 0 Å². The van der Waals surface area contributed by atoms with Crippen molar-refractivity contribution in [1.29, 1.82) is 0 Å². The largest absolute Gasteiger partial charge is 0.481 e. The fourth-order valence-corrected chi connectivity index (χ4v) is 3.40. The van der Waals surface area contributed by atoms with E-state index in [2.05, 4.69) is 17.4 Å². The molecule has 2 unspecified atom stereocenters. The minimum Gasteiger partial charge on any atom is -0.481 e. The third kappa shape index (κ3) is 4.41. The van der Waals surface area contributed by atoms with Crippen molar-refractivity contribution in [2.75, 3.05) is 0 Å². The van der Waals surface area contributed by atoms with Crippen molar-refractivity contribution in [1.82, 2.24) is 5.32 Å². The molecule has 0 radical (unpaired) electrons. The maximum Gasteiger partial charge on any atom is 0.261 e. The zero-order valence-corrected chi connectivity index (χ0v) is 15.1. The summed E-state index contributed by atoms with van der Waals surface area (Å²) >= 11 is 0. The van der Waals surface area contributed by atoms with E-state index in [1.807, 2.05) is 50.2 Å². The predicted octanol–water partition coefficient (Wildman–Crippen LogP) is 4.60. The van der Waals surface area contributed by atoms with Crippen LogP contribution in [-0.4, -0.2) is 12.0 Å². The van der Waals surface area contributed by atoms with Crippen LogP contribution < -0.4 is 10.1 Å². The van der Waals surface area contributed by atoms with Crippen molar-refractivity contribution in [3.05, 3.63) is 65.2 Å². The normalized spacial score (nSPS) is 15.8. The summed E-state index contributed by atoms with van der Waals surface area (Å²) in [5, 5.41) is 3.07. The second kappa shape index (κ2) is 8.19. The lowest BCUT2D eigenvalue weighted by molar-refractivity contribution is -0.128. The van der Waals surface area contributed by atoms with E-state index in [-0.39, 0.29) is 11.9 Å². The van der Waals surface area contributed by atoms with Gasteiger partial charge in [-0.15, -0.1) is 0 Å². The minimum atomic E-state index is -0.465. The lowest BCUT2D eigenvalue weighted by Crippen LogP contribution is -2.39. The molecule has 0 aliphatic heterocycles. The van der Waals surface area contributed by atoms with Crippen LogP contribution in [0, 0.1) is 0 Å². The van der Waals surface area contributed by atoms with E-state index in [1.54, 1.807) is 0 Å². The summed E-state index contributed by atoms with van der Waals surface area (Å²) in [5.41, 5.74) is 3.89. The molecular weight excluding hydrogens is 310 g/mol. The van der Waals surface area contributed by atoms with Crippen LogP contribution >= 0.6 is 0 Å². The van der Waals surface area contributed by atoms with E-state index in [1.165, 1.54) is 24.0 Å². The Labute approximate surface area is 150 Å². The Bertz CT molecular complexity index is 711. The highest BCUT2D eigenvalue weighted by Gasteiger charge is 2.21. The number of amides is 1. The average Bonchev–Trinajstić information content (AvgIpc) is 2.66. The van der Waals surface area contributed by atoms with E-state index in [0.29, 0.717) is 6.42 Å². The molecular formula is C22H27NO2. The first-order chi connectivity index (χ1) is 12.2. The molecule has 0 saturated heterocycles. The van der Waals surface area contributed by atoms with E-state index < -0.39 is 6.10 Å². The standard InChI is InChI=1S/C22H27NO2/c1-3-21(22(24)23-16(2)17-9-5-4-6-10-17)25-20-14-13-18-11-7-8-12-19(18)15-20/h4-6,9-10,13-16,21H,3,7-8,11-12H2,1-2H3,(H,23,24). The summed E-state index contributed by atoms with van der Waals surface area (Å²) in [5.74, 6) is 0.742. The summed E-state index contributed by atoms with van der Waals surface area (Å²) in [6.07, 6.45) is 4.95. The van der Waals surface area contributed by atoms with E-state index >= 15 is 0 Å². The van der Waals surface area contributed by atoms with E-state index in [0.717, 1.165) is 24.2 Å². The smallest absolute Gasteiger partial charge is 0.261 e. The fraction of sp³-hybridized carbons (Fsp3) is 0.409. The number of hydrogen-bond donors (Lipinski definition) is 1. The number of rotatable bonds is 6. The van der Waals surface area contributed by atoms with Gasteiger partial charge in [0.1, 0.15) is 5.75 Å². The average molecular weight is 337 g/mol. The van der Waals surface area contributed by atoms with Crippen molar-refractivity contribution in [2.24, 2.45) is 0 Å². The third-order valence-corrected chi connectivity index (χ3v) is 4.92. The zero-order valence-electron chi connectivity index (χ0n) is 15.1. The Kier molecular flexibility index (Phi) is 5.75. The molecule has 3 nitrogen and oxygen atoms in total. The van der Waals surface area contributed by atoms with Gasteiger partial charge in [-0.05, 0) is 67.9 Å². The van der Waals surface area contributed by atoms with E-state index in [9.17, 15) is 4.79 Å². The van der Waals surface area contributed by atoms with E-state index in [4.69, 9.17) is 4.74 Å². The SMILES string of the molecule is CCC(Oc1ccc2c(c1)CCCC2)C(=O)NC(C)c1ccccc1. The van der Waals surface area contributed by atoms with Crippen molar-refractivity contribution in [3.8, 4) is 5.75 Å². The van der Waals surface area contributed by atoms with Crippen LogP contribution in [0.5, 0.6) is 5.75 Å². The van der Waals surface area contributed by atoms with Gasteiger partial charge in [0.05, 0.1) is 6.04 Å². The molecule has 25 heavy (non-hydrogen) atoms. The molecule has 1 aliphatic carbocycles. The number of carbonyl (C=O) groups is 1. The molecule has 1 N–H and O–H groups in total. The number of aryl methyl sites for hydroxylation is 2. The highest BCUT2D eigenvalue weighted by atomic mass is 16.5. The van der Waals surface area contributed by atoms with Gasteiger partial charge in [0.25, 0.3) is 5.91 Å². The van der Waals surface area contributed by atoms with Gasteiger partial charge in [-0.1, -0.05) is 43.3 Å². The fourth-order valence-electron chi connectivity index (χ4n) is 3.40. The Balaban J connectivity index is 1.64. The first-order valence-corrected chi connectivity index (χ1v) is 9.31. The third-order valence-electron chi connectivity index (χ3n) is 4.92. The molecule has 2 aromatic carbocycles. The lowest BCUT2D eigenvalue weighted by atomic mass is 9.92. The van der Waals surface area contributed by atoms with Crippen LogP contribution in [-0.2, 0) is 17.6 Å². The van der Waals surface area contributed by atoms with Crippen molar-refractivity contribution in [2.45, 2.75) is 58.1 Å². The van der Waals surface area contributed by atoms with Gasteiger partial charge in [0.15, 0.2) is 6.10 Å². The van der Waals surface area contributed by atoms with Gasteiger partial charge in [-0.3, -0.25) is 4.79 Å². The van der Waals surface area contributed by atoms with Gasteiger partial charge < -0.3 is 10.1 Å². The Morgan fingerprint density at radius 2 is 1.80 bits per heavy atom. The minimum absolute atomic E-state index is 0.0325. The van der Waals surface area contributed by atoms with Crippen LogP contribution in [0.4, 0.5) is 0 Å². The Hall–Kier alpha value is -2.29. The topological polar surface area (TPSA) is 38.3 Å². The molecule has 0 bridgehead atoms. The molecule has 0 aromatic heterocycles. The summed E-state index contributed by atoms with van der Waals surface area (Å²) in [4.78, 5) is 12.6. The number of carbonyl (C=O) groups excluding carboxylic acids is 1. The van der Waals surface area contributed by atoms with Gasteiger partial charge in [0.2, 0.25) is 0 Å². The Morgan fingerprint density at radius 3 is 2.52 bits per heavy atom.